The quantitative estimate of drug-likeness (QED) is 0.563. The van der Waals surface area contributed by atoms with E-state index in [4.69, 9.17) is 11.5 Å². The maximum absolute atomic E-state index is 11.6. The van der Waals surface area contributed by atoms with E-state index < -0.39 is 11.9 Å². The summed E-state index contributed by atoms with van der Waals surface area (Å²) in [5.74, 6) is -0.827. The summed E-state index contributed by atoms with van der Waals surface area (Å²) in [5.41, 5.74) is 10.6. The first-order valence-corrected chi connectivity index (χ1v) is 6.09. The highest BCUT2D eigenvalue weighted by molar-refractivity contribution is 5.87. The minimum absolute atomic E-state index is 0.0976. The first-order chi connectivity index (χ1) is 8.02. The summed E-state index contributed by atoms with van der Waals surface area (Å²) in [6, 6.07) is -0.652. The Hall–Kier alpha value is -1.14. The first-order valence-electron chi connectivity index (χ1n) is 6.09. The molecular weight excluding hydrogens is 220 g/mol. The van der Waals surface area contributed by atoms with E-state index in [-0.39, 0.29) is 18.4 Å². The van der Waals surface area contributed by atoms with E-state index in [9.17, 15) is 9.59 Å². The molecule has 17 heavy (non-hydrogen) atoms. The van der Waals surface area contributed by atoms with E-state index >= 15 is 0 Å². The number of nitrogens with zero attached hydrogens (tertiary/aromatic N) is 1. The van der Waals surface area contributed by atoms with Crippen molar-refractivity contribution >= 4 is 11.8 Å². The predicted molar refractivity (Wildman–Crippen MR) is 65.1 cm³/mol. The number of piperidine rings is 1. The number of rotatable bonds is 5. The van der Waals surface area contributed by atoms with E-state index in [1.54, 1.807) is 0 Å². The van der Waals surface area contributed by atoms with Crippen LogP contribution in [0.2, 0.25) is 0 Å². The van der Waals surface area contributed by atoms with E-state index in [1.165, 1.54) is 0 Å². The van der Waals surface area contributed by atoms with Gasteiger partial charge >= 0.3 is 0 Å². The zero-order valence-electron chi connectivity index (χ0n) is 10.3. The van der Waals surface area contributed by atoms with Gasteiger partial charge in [-0.25, -0.2) is 0 Å². The number of nitrogens with one attached hydrogen (secondary N) is 1. The van der Waals surface area contributed by atoms with E-state index in [1.807, 2.05) is 0 Å². The van der Waals surface area contributed by atoms with Gasteiger partial charge in [-0.1, -0.05) is 6.92 Å². The molecule has 2 amide bonds. The third-order valence-electron chi connectivity index (χ3n) is 3.14. The molecule has 6 nitrogen and oxygen atoms in total. The average Bonchev–Trinajstić information content (AvgIpc) is 2.29. The molecule has 0 aliphatic carbocycles. The van der Waals surface area contributed by atoms with Crippen LogP contribution in [0.3, 0.4) is 0 Å². The molecule has 1 heterocycles. The molecule has 1 unspecified atom stereocenters. The van der Waals surface area contributed by atoms with Crippen LogP contribution in [0.5, 0.6) is 0 Å². The molecule has 5 N–H and O–H groups in total. The van der Waals surface area contributed by atoms with Crippen LogP contribution in [0.15, 0.2) is 0 Å². The lowest BCUT2D eigenvalue weighted by Crippen LogP contribution is -2.50. The van der Waals surface area contributed by atoms with Crippen LogP contribution in [-0.4, -0.2) is 48.4 Å². The number of carbonyl (C=O) groups is 2. The Bertz CT molecular complexity index is 275. The standard InChI is InChI=1S/C11H22N4O2/c1-2-15-5-3-8(4-6-15)14-11(17)9(12)7-10(13)16/h8-9H,2-7,12H2,1H3,(H2,13,16)(H,14,17). The Balaban J connectivity index is 2.30. The zero-order chi connectivity index (χ0) is 12.8. The highest BCUT2D eigenvalue weighted by atomic mass is 16.2. The second-order valence-corrected chi connectivity index (χ2v) is 4.49. The van der Waals surface area contributed by atoms with Gasteiger partial charge in [0.2, 0.25) is 11.8 Å². The molecule has 0 aromatic heterocycles. The van der Waals surface area contributed by atoms with Crippen molar-refractivity contribution in [3.8, 4) is 0 Å². The van der Waals surface area contributed by atoms with Crippen molar-refractivity contribution in [2.45, 2.75) is 38.3 Å². The van der Waals surface area contributed by atoms with Gasteiger partial charge in [0.1, 0.15) is 0 Å². The van der Waals surface area contributed by atoms with Gasteiger partial charge < -0.3 is 21.7 Å². The van der Waals surface area contributed by atoms with E-state index in [0.29, 0.717) is 0 Å². The summed E-state index contributed by atoms with van der Waals surface area (Å²) in [7, 11) is 0. The van der Waals surface area contributed by atoms with Crippen LogP contribution in [0.4, 0.5) is 0 Å². The Morgan fingerprint density at radius 1 is 1.41 bits per heavy atom. The number of likely N-dealkylation sites (tertiary alicyclic amines) is 1. The highest BCUT2D eigenvalue weighted by Crippen LogP contribution is 2.09. The topological polar surface area (TPSA) is 101 Å². The lowest BCUT2D eigenvalue weighted by molar-refractivity contribution is -0.127. The van der Waals surface area contributed by atoms with Crippen LogP contribution in [0, 0.1) is 0 Å². The summed E-state index contributed by atoms with van der Waals surface area (Å²) in [4.78, 5) is 24.6. The molecule has 1 atom stereocenters. The lowest BCUT2D eigenvalue weighted by atomic mass is 10.0. The summed E-state index contributed by atoms with van der Waals surface area (Å²) in [6.07, 6.45) is 1.77. The number of carbonyl (C=O) groups excluding carboxylic acids is 2. The van der Waals surface area contributed by atoms with Crippen LogP contribution < -0.4 is 16.8 Å². The third kappa shape index (κ3) is 4.70. The van der Waals surface area contributed by atoms with Crippen molar-refractivity contribution in [1.29, 1.82) is 0 Å². The van der Waals surface area contributed by atoms with Crippen molar-refractivity contribution in [2.75, 3.05) is 19.6 Å². The van der Waals surface area contributed by atoms with Crippen LogP contribution >= 0.6 is 0 Å². The fraction of sp³-hybridized carbons (Fsp3) is 0.818. The van der Waals surface area contributed by atoms with Gasteiger partial charge in [-0.2, -0.15) is 0 Å². The largest absolute Gasteiger partial charge is 0.370 e. The fourth-order valence-electron chi connectivity index (χ4n) is 2.01. The highest BCUT2D eigenvalue weighted by Gasteiger charge is 2.22. The van der Waals surface area contributed by atoms with E-state index in [0.717, 1.165) is 32.5 Å². The molecule has 0 radical (unpaired) electrons. The van der Waals surface area contributed by atoms with Gasteiger partial charge in [0.05, 0.1) is 12.5 Å². The molecule has 0 bridgehead atoms. The SMILES string of the molecule is CCN1CCC(NC(=O)C(N)CC(N)=O)CC1. The lowest BCUT2D eigenvalue weighted by Gasteiger charge is -2.31. The number of amides is 2. The Labute approximate surface area is 102 Å². The summed E-state index contributed by atoms with van der Waals surface area (Å²) >= 11 is 0. The molecule has 1 aliphatic heterocycles. The molecule has 1 fully saturated rings. The molecule has 6 heteroatoms. The van der Waals surface area contributed by atoms with Crippen LogP contribution in [-0.2, 0) is 9.59 Å². The number of hydrogen-bond acceptors (Lipinski definition) is 4. The summed E-state index contributed by atoms with van der Waals surface area (Å²) in [5, 5.41) is 2.87. The molecule has 1 rings (SSSR count). The third-order valence-corrected chi connectivity index (χ3v) is 3.14. The Kier molecular flexibility index (Phi) is 5.37. The molecule has 0 spiro atoms. The second-order valence-electron chi connectivity index (χ2n) is 4.49. The molecular formula is C11H22N4O2. The van der Waals surface area contributed by atoms with Crippen molar-refractivity contribution in [3.63, 3.8) is 0 Å². The Morgan fingerprint density at radius 2 is 2.00 bits per heavy atom. The average molecular weight is 242 g/mol. The normalized spacial score (nSPS) is 19.9. The van der Waals surface area contributed by atoms with Gasteiger partial charge in [-0.15, -0.1) is 0 Å². The van der Waals surface area contributed by atoms with Crippen LogP contribution in [0.25, 0.3) is 0 Å². The Morgan fingerprint density at radius 3 is 2.47 bits per heavy atom. The minimum atomic E-state index is -0.822. The van der Waals surface area contributed by atoms with Gasteiger partial charge in [0.15, 0.2) is 0 Å². The van der Waals surface area contributed by atoms with Gasteiger partial charge in [0, 0.05) is 19.1 Å². The molecule has 0 aromatic rings. The molecule has 1 aliphatic rings. The number of nitrogens with two attached hydrogens (primary N) is 2. The van der Waals surface area contributed by atoms with Crippen molar-refractivity contribution < 1.29 is 9.59 Å². The van der Waals surface area contributed by atoms with Crippen molar-refractivity contribution in [3.05, 3.63) is 0 Å². The van der Waals surface area contributed by atoms with Crippen molar-refractivity contribution in [2.24, 2.45) is 11.5 Å². The van der Waals surface area contributed by atoms with Gasteiger partial charge in [-0.05, 0) is 19.4 Å². The predicted octanol–water partition coefficient (Wildman–Crippen LogP) is -1.21. The molecule has 0 saturated carbocycles. The zero-order valence-corrected chi connectivity index (χ0v) is 10.3. The molecule has 1 saturated heterocycles. The van der Waals surface area contributed by atoms with Crippen molar-refractivity contribution in [1.82, 2.24) is 10.2 Å². The number of primary amides is 1. The monoisotopic (exact) mass is 242 g/mol. The van der Waals surface area contributed by atoms with Gasteiger partial charge in [-0.3, -0.25) is 9.59 Å². The van der Waals surface area contributed by atoms with E-state index in [2.05, 4.69) is 17.1 Å². The fourth-order valence-corrected chi connectivity index (χ4v) is 2.01. The maximum Gasteiger partial charge on any atom is 0.237 e. The van der Waals surface area contributed by atoms with Gasteiger partial charge in [0.25, 0.3) is 0 Å². The number of hydrogen-bond donors (Lipinski definition) is 3. The molecule has 0 aromatic carbocycles. The smallest absolute Gasteiger partial charge is 0.237 e. The maximum atomic E-state index is 11.6. The van der Waals surface area contributed by atoms with Crippen LogP contribution in [0.1, 0.15) is 26.2 Å². The minimum Gasteiger partial charge on any atom is -0.370 e. The molecule has 98 valence electrons. The first kappa shape index (κ1) is 13.9. The second kappa shape index (κ2) is 6.56. The summed E-state index contributed by atoms with van der Waals surface area (Å²) < 4.78 is 0. The summed E-state index contributed by atoms with van der Waals surface area (Å²) in [6.45, 7) is 5.16.